The second-order valence-electron chi connectivity index (χ2n) is 7.08. The molecule has 7 heteroatoms. The minimum Gasteiger partial charge on any atom is -0.484 e. The molecule has 3 rings (SSSR count). The zero-order valence-corrected chi connectivity index (χ0v) is 19.3. The van der Waals surface area contributed by atoms with Crippen molar-refractivity contribution in [2.75, 3.05) is 18.1 Å². The third-order valence-corrected chi connectivity index (χ3v) is 5.30. The summed E-state index contributed by atoms with van der Waals surface area (Å²) in [5, 5.41) is 0.969. The maximum Gasteiger partial charge on any atom is 0.338 e. The maximum absolute atomic E-state index is 13.1. The van der Waals surface area contributed by atoms with E-state index in [-0.39, 0.29) is 25.7 Å². The average molecular weight is 472 g/mol. The van der Waals surface area contributed by atoms with E-state index < -0.39 is 5.97 Å². The highest BCUT2D eigenvalue weighted by atomic mass is 35.5. The van der Waals surface area contributed by atoms with Crippen molar-refractivity contribution < 1.29 is 19.1 Å². The van der Waals surface area contributed by atoms with Crippen LogP contribution < -0.4 is 9.64 Å². The molecule has 5 nitrogen and oxygen atoms in total. The SMILES string of the molecule is CCOC(=O)c1ccc(N(Cc2ccc(Cl)cc2Cl)C(=O)COc2ccc(C)cc2)cc1. The Morgan fingerprint density at radius 3 is 2.25 bits per heavy atom. The van der Waals surface area contributed by atoms with Crippen molar-refractivity contribution in [3.63, 3.8) is 0 Å². The molecule has 0 bridgehead atoms. The molecule has 3 aromatic carbocycles. The summed E-state index contributed by atoms with van der Waals surface area (Å²) in [6.45, 7) is 4.07. The molecular formula is C25H23Cl2NO4. The lowest BCUT2D eigenvalue weighted by Gasteiger charge is -2.24. The van der Waals surface area contributed by atoms with Gasteiger partial charge in [0.15, 0.2) is 6.61 Å². The number of rotatable bonds is 8. The van der Waals surface area contributed by atoms with Crippen molar-refractivity contribution in [2.24, 2.45) is 0 Å². The first-order valence-corrected chi connectivity index (χ1v) is 10.8. The number of aryl methyl sites for hydroxylation is 1. The topological polar surface area (TPSA) is 55.8 Å². The van der Waals surface area contributed by atoms with Crippen LogP contribution in [-0.2, 0) is 16.1 Å². The van der Waals surface area contributed by atoms with Gasteiger partial charge in [-0.3, -0.25) is 4.79 Å². The minimum absolute atomic E-state index is 0.159. The van der Waals surface area contributed by atoms with Gasteiger partial charge in [-0.2, -0.15) is 0 Å². The van der Waals surface area contributed by atoms with Crippen molar-refractivity contribution in [3.05, 3.63) is 93.5 Å². The highest BCUT2D eigenvalue weighted by Gasteiger charge is 2.19. The van der Waals surface area contributed by atoms with Crippen LogP contribution in [0.5, 0.6) is 5.75 Å². The summed E-state index contributed by atoms with van der Waals surface area (Å²) in [7, 11) is 0. The first-order valence-electron chi connectivity index (χ1n) is 10.1. The fraction of sp³-hybridized carbons (Fsp3) is 0.200. The summed E-state index contributed by atoms with van der Waals surface area (Å²) in [5.74, 6) is -0.0769. The molecule has 0 unspecified atom stereocenters. The number of hydrogen-bond donors (Lipinski definition) is 0. The fourth-order valence-electron chi connectivity index (χ4n) is 2.99. The highest BCUT2D eigenvalue weighted by molar-refractivity contribution is 6.35. The quantitative estimate of drug-likeness (QED) is 0.373. The van der Waals surface area contributed by atoms with Gasteiger partial charge in [0.1, 0.15) is 5.75 Å². The fourth-order valence-corrected chi connectivity index (χ4v) is 3.46. The summed E-state index contributed by atoms with van der Waals surface area (Å²) in [6, 6.07) is 19.2. The minimum atomic E-state index is -0.416. The summed E-state index contributed by atoms with van der Waals surface area (Å²) < 4.78 is 10.7. The van der Waals surface area contributed by atoms with Gasteiger partial charge in [-0.15, -0.1) is 0 Å². The van der Waals surface area contributed by atoms with Crippen molar-refractivity contribution in [1.82, 2.24) is 0 Å². The monoisotopic (exact) mass is 471 g/mol. The van der Waals surface area contributed by atoms with Crippen LogP contribution >= 0.6 is 23.2 Å². The van der Waals surface area contributed by atoms with Crippen molar-refractivity contribution in [2.45, 2.75) is 20.4 Å². The lowest BCUT2D eigenvalue weighted by molar-refractivity contribution is -0.120. The van der Waals surface area contributed by atoms with E-state index in [1.165, 1.54) is 0 Å². The molecule has 1 amide bonds. The normalized spacial score (nSPS) is 10.5. The van der Waals surface area contributed by atoms with Crippen molar-refractivity contribution >= 4 is 40.8 Å². The largest absolute Gasteiger partial charge is 0.484 e. The Morgan fingerprint density at radius 2 is 1.62 bits per heavy atom. The standard InChI is InChI=1S/C25H23Cl2NO4/c1-3-31-25(30)18-7-10-21(11-8-18)28(15-19-6-9-20(26)14-23(19)27)24(29)16-32-22-12-4-17(2)5-13-22/h4-14H,3,15-16H2,1-2H3. The van der Waals surface area contributed by atoms with Gasteiger partial charge in [-0.05, 0) is 67.9 Å². The molecule has 0 N–H and O–H groups in total. The van der Waals surface area contributed by atoms with E-state index in [0.29, 0.717) is 27.0 Å². The summed E-state index contributed by atoms with van der Waals surface area (Å²) in [6.07, 6.45) is 0. The molecule has 3 aromatic rings. The van der Waals surface area contributed by atoms with E-state index in [9.17, 15) is 9.59 Å². The van der Waals surface area contributed by atoms with Gasteiger partial charge in [-0.1, -0.05) is 47.0 Å². The zero-order chi connectivity index (χ0) is 23.1. The van der Waals surface area contributed by atoms with Gasteiger partial charge in [0.25, 0.3) is 5.91 Å². The second kappa shape index (κ2) is 11.0. The molecule has 0 aliphatic carbocycles. The number of amides is 1. The summed E-state index contributed by atoms with van der Waals surface area (Å²) in [5.41, 5.74) is 2.84. The number of nitrogens with zero attached hydrogens (tertiary/aromatic N) is 1. The molecule has 0 aliphatic heterocycles. The number of esters is 1. The first kappa shape index (κ1) is 23.6. The Bertz CT molecular complexity index is 1080. The maximum atomic E-state index is 13.1. The van der Waals surface area contributed by atoms with Crippen LogP contribution in [0, 0.1) is 6.92 Å². The van der Waals surface area contributed by atoms with Gasteiger partial charge in [0.05, 0.1) is 18.7 Å². The van der Waals surface area contributed by atoms with Gasteiger partial charge in [-0.25, -0.2) is 4.79 Å². The zero-order valence-electron chi connectivity index (χ0n) is 17.8. The molecule has 0 saturated heterocycles. The van der Waals surface area contributed by atoms with Gasteiger partial charge >= 0.3 is 5.97 Å². The van der Waals surface area contributed by atoms with Gasteiger partial charge in [0, 0.05) is 15.7 Å². The van der Waals surface area contributed by atoms with Gasteiger partial charge in [0.2, 0.25) is 0 Å². The molecule has 166 valence electrons. The number of carbonyl (C=O) groups excluding carboxylic acids is 2. The van der Waals surface area contributed by atoms with Crippen LogP contribution in [0.2, 0.25) is 10.0 Å². The number of carbonyl (C=O) groups is 2. The molecule has 0 aliphatic rings. The first-order chi connectivity index (χ1) is 15.4. The van der Waals surface area contributed by atoms with E-state index in [2.05, 4.69) is 0 Å². The predicted octanol–water partition coefficient (Wildman–Crippen LogP) is 6.09. The highest BCUT2D eigenvalue weighted by Crippen LogP contribution is 2.26. The third-order valence-electron chi connectivity index (χ3n) is 4.72. The lowest BCUT2D eigenvalue weighted by Crippen LogP contribution is -2.34. The number of halogens is 2. The number of anilines is 1. The number of ether oxygens (including phenoxy) is 2. The lowest BCUT2D eigenvalue weighted by atomic mass is 10.1. The Balaban J connectivity index is 1.83. The Kier molecular flexibility index (Phi) is 8.14. The van der Waals surface area contributed by atoms with Crippen LogP contribution in [0.15, 0.2) is 66.7 Å². The molecule has 0 aromatic heterocycles. The Hall–Kier alpha value is -3.02. The van der Waals surface area contributed by atoms with Crippen molar-refractivity contribution in [3.8, 4) is 5.75 Å². The smallest absolute Gasteiger partial charge is 0.338 e. The Labute approximate surface area is 197 Å². The molecule has 32 heavy (non-hydrogen) atoms. The number of benzene rings is 3. The van der Waals surface area contributed by atoms with Crippen LogP contribution in [0.1, 0.15) is 28.4 Å². The molecule has 0 atom stereocenters. The van der Waals surface area contributed by atoms with E-state index in [0.717, 1.165) is 11.1 Å². The summed E-state index contributed by atoms with van der Waals surface area (Å²) in [4.78, 5) is 26.6. The summed E-state index contributed by atoms with van der Waals surface area (Å²) >= 11 is 12.3. The van der Waals surface area contributed by atoms with E-state index in [1.54, 1.807) is 54.3 Å². The molecule has 0 saturated carbocycles. The van der Waals surface area contributed by atoms with Crippen LogP contribution in [-0.4, -0.2) is 25.1 Å². The predicted molar refractivity (Wildman–Crippen MR) is 127 cm³/mol. The third kappa shape index (κ3) is 6.25. The molecule has 0 radical (unpaired) electrons. The van der Waals surface area contributed by atoms with Crippen LogP contribution in [0.3, 0.4) is 0 Å². The molecular weight excluding hydrogens is 449 g/mol. The van der Waals surface area contributed by atoms with E-state index in [4.69, 9.17) is 32.7 Å². The second-order valence-corrected chi connectivity index (χ2v) is 7.93. The van der Waals surface area contributed by atoms with Crippen LogP contribution in [0.25, 0.3) is 0 Å². The Morgan fingerprint density at radius 1 is 0.938 bits per heavy atom. The van der Waals surface area contributed by atoms with Gasteiger partial charge < -0.3 is 14.4 Å². The molecule has 0 fully saturated rings. The van der Waals surface area contributed by atoms with E-state index in [1.807, 2.05) is 31.2 Å². The van der Waals surface area contributed by atoms with Crippen molar-refractivity contribution in [1.29, 1.82) is 0 Å². The number of hydrogen-bond acceptors (Lipinski definition) is 4. The molecule has 0 spiro atoms. The van der Waals surface area contributed by atoms with Crippen LogP contribution in [0.4, 0.5) is 5.69 Å². The molecule has 0 heterocycles. The van der Waals surface area contributed by atoms with E-state index >= 15 is 0 Å². The average Bonchev–Trinajstić information content (AvgIpc) is 2.78.